The minimum absolute atomic E-state index is 0. The maximum Gasteiger partial charge on any atom is 0 e. The monoisotopic (exact) mass is 162 g/mol. The second kappa shape index (κ2) is 22.1. The van der Waals surface area contributed by atoms with Gasteiger partial charge in [0, 0.05) is 33.6 Å². The Labute approximate surface area is 60.8 Å². The molecule has 4 heavy (non-hydrogen) atoms. The number of hydrogen-bond acceptors (Lipinski definition) is 0. The van der Waals surface area contributed by atoms with Gasteiger partial charge in [-0.3, -0.25) is 0 Å². The maximum atomic E-state index is 0. The summed E-state index contributed by atoms with van der Waals surface area (Å²) in [5.74, 6) is 0. The Morgan fingerprint density at radius 2 is 1.00 bits per heavy atom. The van der Waals surface area contributed by atoms with Crippen molar-refractivity contribution in [2.45, 2.75) is 0 Å². The van der Waals surface area contributed by atoms with Crippen molar-refractivity contribution < 1.29 is 33.6 Å². The van der Waals surface area contributed by atoms with Crippen molar-refractivity contribution in [2.75, 3.05) is 0 Å². The first-order valence-electron chi connectivity index (χ1n) is 0. The average molecular weight is 163 g/mol. The van der Waals surface area contributed by atoms with Crippen LogP contribution in [0.2, 0.25) is 0 Å². The van der Waals surface area contributed by atoms with Crippen LogP contribution < -0.4 is 0 Å². The van der Waals surface area contributed by atoms with E-state index < -0.39 is 0 Å². The third kappa shape index (κ3) is 9.31. The fourth-order valence-electron chi connectivity index (χ4n) is 0. The van der Waals surface area contributed by atoms with Gasteiger partial charge in [-0.2, -0.15) is 0 Å². The summed E-state index contributed by atoms with van der Waals surface area (Å²) in [6.45, 7) is 0. The first-order chi connectivity index (χ1) is 0. The predicted molar refractivity (Wildman–Crippen MR) is 18.5 cm³/mol. The molecular formula is H5AlBeCuNi. The second-order valence-electron chi connectivity index (χ2n) is 0. The molecule has 0 aliphatic heterocycles. The van der Waals surface area contributed by atoms with Crippen molar-refractivity contribution in [1.29, 1.82) is 0 Å². The SMILES string of the molecule is [AlH3].[BeH2].[Cu].[Ni]. The molecule has 0 rings (SSSR count). The molecule has 1 radical (unpaired) electrons. The molecule has 0 aliphatic carbocycles. The minimum atomic E-state index is 0. The van der Waals surface area contributed by atoms with Gasteiger partial charge in [-0.15, -0.1) is 0 Å². The summed E-state index contributed by atoms with van der Waals surface area (Å²) in [6, 6.07) is 0. The molecular weight excluding hydrogens is 158 g/mol. The molecule has 0 aromatic rings. The molecule has 0 N–H and O–H groups in total. The van der Waals surface area contributed by atoms with Gasteiger partial charge < -0.3 is 0 Å². The normalized spacial score (nSPS) is 0. The molecule has 0 heterocycles. The second-order valence-corrected chi connectivity index (χ2v) is 0. The summed E-state index contributed by atoms with van der Waals surface area (Å²) in [5, 5.41) is 0. The first kappa shape index (κ1) is 43.2. The van der Waals surface area contributed by atoms with E-state index in [0.29, 0.717) is 0 Å². The van der Waals surface area contributed by atoms with Crippen LogP contribution in [0.5, 0.6) is 0 Å². The van der Waals surface area contributed by atoms with E-state index >= 15 is 0 Å². The van der Waals surface area contributed by atoms with Gasteiger partial charge in [0.25, 0.3) is 0 Å². The summed E-state index contributed by atoms with van der Waals surface area (Å²) in [7, 11) is 0. The zero-order valence-electron chi connectivity index (χ0n) is 0.618. The molecule has 0 bridgehead atoms. The fourth-order valence-corrected chi connectivity index (χ4v) is 0. The van der Waals surface area contributed by atoms with E-state index in [1.54, 1.807) is 0 Å². The predicted octanol–water partition coefficient (Wildman–Crippen LogP) is -2.11. The van der Waals surface area contributed by atoms with Crippen LogP contribution in [0.3, 0.4) is 0 Å². The summed E-state index contributed by atoms with van der Waals surface area (Å²) in [4.78, 5) is 0. The van der Waals surface area contributed by atoms with E-state index in [2.05, 4.69) is 0 Å². The number of hydrogen-bond donors (Lipinski definition) is 0. The van der Waals surface area contributed by atoms with Crippen molar-refractivity contribution in [2.24, 2.45) is 0 Å². The van der Waals surface area contributed by atoms with Crippen LogP contribution in [0.1, 0.15) is 0 Å². The van der Waals surface area contributed by atoms with Crippen molar-refractivity contribution in [3.8, 4) is 0 Å². The van der Waals surface area contributed by atoms with E-state index in [1.165, 1.54) is 0 Å². The van der Waals surface area contributed by atoms with Gasteiger partial charge in [0.05, 0.1) is 0 Å². The van der Waals surface area contributed by atoms with E-state index in [4.69, 9.17) is 0 Å². The van der Waals surface area contributed by atoms with E-state index in [0.717, 1.165) is 0 Å². The molecule has 0 fully saturated rings. The molecule has 31 valence electrons. The zero-order chi connectivity index (χ0) is 0. The Balaban J connectivity index is 0. The van der Waals surface area contributed by atoms with Crippen LogP contribution in [0.25, 0.3) is 0 Å². The molecule has 0 unspecified atom stereocenters. The Morgan fingerprint density at radius 1 is 1.00 bits per heavy atom. The van der Waals surface area contributed by atoms with Gasteiger partial charge in [-0.25, -0.2) is 0 Å². The van der Waals surface area contributed by atoms with Gasteiger partial charge in [-0.1, -0.05) is 0 Å². The Morgan fingerprint density at radius 3 is 1.00 bits per heavy atom. The van der Waals surface area contributed by atoms with E-state index in [-0.39, 0.29) is 61.0 Å². The first-order valence-corrected chi connectivity index (χ1v) is 0. The van der Waals surface area contributed by atoms with E-state index in [1.807, 2.05) is 0 Å². The molecule has 0 atom stereocenters. The third-order valence-corrected chi connectivity index (χ3v) is 0. The summed E-state index contributed by atoms with van der Waals surface area (Å²) < 4.78 is 0. The van der Waals surface area contributed by atoms with Gasteiger partial charge in [-0.05, 0) is 0 Å². The Hall–Kier alpha value is 1.71. The van der Waals surface area contributed by atoms with Crippen LogP contribution in [-0.2, 0) is 33.6 Å². The number of rotatable bonds is 0. The smallest absolute Gasteiger partial charge is 0 e. The largest absolute Gasteiger partial charge is 0 e. The summed E-state index contributed by atoms with van der Waals surface area (Å²) in [6.07, 6.45) is 0. The molecule has 0 aromatic carbocycles. The quantitative estimate of drug-likeness (QED) is 0.359. The van der Waals surface area contributed by atoms with Crippen LogP contribution in [0, 0.1) is 0 Å². The van der Waals surface area contributed by atoms with Gasteiger partial charge in [0.2, 0.25) is 0 Å². The topological polar surface area (TPSA) is 0 Å². The Kier molecular flexibility index (Phi) is 239. The fraction of sp³-hybridized carbons (Fsp3) is 0. The van der Waals surface area contributed by atoms with Crippen molar-refractivity contribution >= 4 is 27.5 Å². The molecule has 0 nitrogen and oxygen atoms in total. The van der Waals surface area contributed by atoms with Gasteiger partial charge >= 0.3 is 10.1 Å². The molecule has 0 aromatic heterocycles. The average Bonchev–Trinajstić information content (AvgIpc) is 0. The molecule has 0 saturated carbocycles. The van der Waals surface area contributed by atoms with Crippen LogP contribution in [-0.4, -0.2) is 27.5 Å². The van der Waals surface area contributed by atoms with Crippen LogP contribution in [0.4, 0.5) is 0 Å². The molecule has 0 amide bonds. The molecule has 0 aliphatic rings. The van der Waals surface area contributed by atoms with E-state index in [9.17, 15) is 0 Å². The molecule has 0 saturated heterocycles. The van der Waals surface area contributed by atoms with Crippen LogP contribution >= 0.6 is 0 Å². The standard InChI is InChI=1S/Al.Be.Cu.Ni.5H. The maximum absolute atomic E-state index is 0. The molecule has 4 heteroatoms. The third-order valence-electron chi connectivity index (χ3n) is 0. The summed E-state index contributed by atoms with van der Waals surface area (Å²) >= 11 is 0. The minimum Gasteiger partial charge on any atom is 0 e. The van der Waals surface area contributed by atoms with Crippen molar-refractivity contribution in [3.05, 3.63) is 0 Å². The van der Waals surface area contributed by atoms with Crippen molar-refractivity contribution in [1.82, 2.24) is 0 Å². The van der Waals surface area contributed by atoms with Gasteiger partial charge in [0.15, 0.2) is 17.4 Å². The zero-order valence-corrected chi connectivity index (χ0v) is 2.55. The van der Waals surface area contributed by atoms with Crippen molar-refractivity contribution in [3.63, 3.8) is 0 Å². The van der Waals surface area contributed by atoms with Gasteiger partial charge in [0.1, 0.15) is 0 Å². The Bertz CT molecular complexity index is 8.00. The van der Waals surface area contributed by atoms with Crippen LogP contribution in [0.15, 0.2) is 0 Å². The summed E-state index contributed by atoms with van der Waals surface area (Å²) in [5.41, 5.74) is 0. The molecule has 0 spiro atoms.